The summed E-state index contributed by atoms with van der Waals surface area (Å²) in [7, 11) is 1.46. The molecule has 0 amide bonds. The largest absolute Gasteiger partial charge is 0.469 e. The van der Waals surface area contributed by atoms with Crippen LogP contribution in [0.2, 0.25) is 0 Å². The lowest BCUT2D eigenvalue weighted by molar-refractivity contribution is -0.140. The van der Waals surface area contributed by atoms with Crippen LogP contribution in [-0.2, 0) is 9.53 Å². The van der Waals surface area contributed by atoms with E-state index in [1.165, 1.54) is 58.5 Å². The van der Waals surface area contributed by atoms with Gasteiger partial charge in [0.05, 0.1) is 7.11 Å². The van der Waals surface area contributed by atoms with Gasteiger partial charge in [0.25, 0.3) is 0 Å². The second-order valence-electron chi connectivity index (χ2n) is 6.59. The normalized spacial score (nSPS) is 11.9. The first kappa shape index (κ1) is 23.7. The minimum absolute atomic E-state index is 0.0748. The molecule has 0 saturated heterocycles. The van der Waals surface area contributed by atoms with E-state index in [0.29, 0.717) is 6.42 Å². The highest BCUT2D eigenvalue weighted by Gasteiger charge is 1.98. The third-order valence-corrected chi connectivity index (χ3v) is 4.26. The van der Waals surface area contributed by atoms with Crippen LogP contribution in [0.25, 0.3) is 0 Å². The van der Waals surface area contributed by atoms with E-state index in [2.05, 4.69) is 48.1 Å². The molecule has 0 N–H and O–H groups in total. The lowest BCUT2D eigenvalue weighted by Crippen LogP contribution is -1.99. The van der Waals surface area contributed by atoms with Gasteiger partial charge in [0, 0.05) is 6.42 Å². The first-order valence-electron chi connectivity index (χ1n) is 10.3. The van der Waals surface area contributed by atoms with Gasteiger partial charge in [-0.15, -0.1) is 0 Å². The Balaban J connectivity index is 3.19. The van der Waals surface area contributed by atoms with Gasteiger partial charge in [-0.25, -0.2) is 0 Å². The number of methoxy groups -OCH3 is 1. The molecule has 0 aliphatic heterocycles. The molecule has 2 nitrogen and oxygen atoms in total. The summed E-state index contributed by atoms with van der Waals surface area (Å²) in [4.78, 5) is 11.0. The Morgan fingerprint density at radius 2 is 1.16 bits per heavy atom. The highest BCUT2D eigenvalue weighted by Crippen LogP contribution is 2.11. The predicted molar refractivity (Wildman–Crippen MR) is 110 cm³/mol. The van der Waals surface area contributed by atoms with Crippen molar-refractivity contribution in [2.75, 3.05) is 7.11 Å². The van der Waals surface area contributed by atoms with Crippen molar-refractivity contribution in [2.24, 2.45) is 0 Å². The lowest BCUT2D eigenvalue weighted by Gasteiger charge is -2.02. The Hall–Kier alpha value is -1.31. The molecule has 0 atom stereocenters. The summed E-state index contributed by atoms with van der Waals surface area (Å²) in [5, 5.41) is 0. The molecule has 0 saturated carbocycles. The molecule has 0 aliphatic carbocycles. The van der Waals surface area contributed by atoms with Gasteiger partial charge in [-0.2, -0.15) is 0 Å². The molecule has 0 bridgehead atoms. The smallest absolute Gasteiger partial charge is 0.305 e. The summed E-state index contributed by atoms with van der Waals surface area (Å²) in [5.74, 6) is -0.0748. The zero-order chi connectivity index (χ0) is 18.4. The van der Waals surface area contributed by atoms with E-state index in [1.54, 1.807) is 0 Å². The number of esters is 1. The fourth-order valence-electron chi connectivity index (χ4n) is 2.70. The molecule has 25 heavy (non-hydrogen) atoms. The van der Waals surface area contributed by atoms with Crippen molar-refractivity contribution in [3.8, 4) is 0 Å². The van der Waals surface area contributed by atoms with Crippen LogP contribution in [0.5, 0.6) is 0 Å². The van der Waals surface area contributed by atoms with Crippen molar-refractivity contribution in [3.63, 3.8) is 0 Å². The summed E-state index contributed by atoms with van der Waals surface area (Å²) < 4.78 is 4.64. The second-order valence-corrected chi connectivity index (χ2v) is 6.59. The van der Waals surface area contributed by atoms with Crippen LogP contribution in [0.3, 0.4) is 0 Å². The third-order valence-electron chi connectivity index (χ3n) is 4.26. The first-order chi connectivity index (χ1) is 12.3. The van der Waals surface area contributed by atoms with Crippen LogP contribution < -0.4 is 0 Å². The molecule has 0 aromatic rings. The van der Waals surface area contributed by atoms with E-state index in [-0.39, 0.29) is 5.97 Å². The Bertz CT molecular complexity index is 366. The van der Waals surface area contributed by atoms with E-state index in [9.17, 15) is 4.79 Å². The van der Waals surface area contributed by atoms with E-state index in [0.717, 1.165) is 32.1 Å². The molecule has 0 rings (SSSR count). The maximum absolute atomic E-state index is 11.0. The minimum atomic E-state index is -0.0748. The number of carbonyl (C=O) groups excluding carboxylic acids is 1. The molecule has 144 valence electrons. The Kier molecular flexibility index (Phi) is 19.6. The average Bonchev–Trinajstić information content (AvgIpc) is 2.63. The van der Waals surface area contributed by atoms with Gasteiger partial charge in [0.2, 0.25) is 0 Å². The molecule has 0 aromatic heterocycles. The number of ether oxygens (including phenoxy) is 1. The Morgan fingerprint density at radius 1 is 0.680 bits per heavy atom. The van der Waals surface area contributed by atoms with Gasteiger partial charge in [-0.3, -0.25) is 4.79 Å². The molecule has 0 aromatic carbocycles. The van der Waals surface area contributed by atoms with Gasteiger partial charge < -0.3 is 4.74 Å². The zero-order valence-corrected chi connectivity index (χ0v) is 16.7. The zero-order valence-electron chi connectivity index (χ0n) is 16.7. The molecule has 2 heteroatoms. The topological polar surface area (TPSA) is 26.3 Å². The van der Waals surface area contributed by atoms with Gasteiger partial charge in [0.15, 0.2) is 0 Å². The Labute approximate surface area is 156 Å². The van der Waals surface area contributed by atoms with Gasteiger partial charge >= 0.3 is 5.97 Å². The van der Waals surface area contributed by atoms with E-state index >= 15 is 0 Å². The maximum Gasteiger partial charge on any atom is 0.305 e. The molecule has 0 heterocycles. The first-order valence-corrected chi connectivity index (χ1v) is 10.3. The number of carbonyl (C=O) groups is 1. The summed E-state index contributed by atoms with van der Waals surface area (Å²) >= 11 is 0. The molecule has 0 fully saturated rings. The van der Waals surface area contributed by atoms with Crippen LogP contribution >= 0.6 is 0 Å². The van der Waals surface area contributed by atoms with Gasteiger partial charge in [-0.1, -0.05) is 88.3 Å². The van der Waals surface area contributed by atoms with Gasteiger partial charge in [0.1, 0.15) is 0 Å². The SMILES string of the molecule is CC/C=C\C/C=C\C/C=C\CCCCCCCCCCCC(=O)OC. The monoisotopic (exact) mass is 348 g/mol. The quantitative estimate of drug-likeness (QED) is 0.156. The van der Waals surface area contributed by atoms with E-state index in [1.807, 2.05) is 0 Å². The molecular formula is C23H40O2. The Morgan fingerprint density at radius 3 is 1.72 bits per heavy atom. The highest BCUT2D eigenvalue weighted by molar-refractivity contribution is 5.68. The van der Waals surface area contributed by atoms with Crippen LogP contribution in [0.4, 0.5) is 0 Å². The number of rotatable bonds is 17. The molecular weight excluding hydrogens is 308 g/mol. The second kappa shape index (κ2) is 20.7. The lowest BCUT2D eigenvalue weighted by atomic mass is 10.1. The summed E-state index contributed by atoms with van der Waals surface area (Å²) in [6.07, 6.45) is 30.0. The minimum Gasteiger partial charge on any atom is -0.469 e. The van der Waals surface area contributed by atoms with Crippen LogP contribution in [0, 0.1) is 0 Å². The number of hydrogen-bond donors (Lipinski definition) is 0. The van der Waals surface area contributed by atoms with Gasteiger partial charge in [-0.05, 0) is 38.5 Å². The third kappa shape index (κ3) is 20.6. The molecule has 0 unspecified atom stereocenters. The van der Waals surface area contributed by atoms with Crippen LogP contribution in [-0.4, -0.2) is 13.1 Å². The summed E-state index contributed by atoms with van der Waals surface area (Å²) in [6, 6.07) is 0. The van der Waals surface area contributed by atoms with Crippen molar-refractivity contribution in [2.45, 2.75) is 96.8 Å². The maximum atomic E-state index is 11.0. The van der Waals surface area contributed by atoms with Crippen molar-refractivity contribution >= 4 is 5.97 Å². The predicted octanol–water partition coefficient (Wildman–Crippen LogP) is 7.31. The molecule has 0 spiro atoms. The highest BCUT2D eigenvalue weighted by atomic mass is 16.5. The number of allylic oxidation sites excluding steroid dienone is 6. The summed E-state index contributed by atoms with van der Waals surface area (Å²) in [5.41, 5.74) is 0. The number of unbranched alkanes of at least 4 members (excludes halogenated alkanes) is 9. The van der Waals surface area contributed by atoms with Crippen molar-refractivity contribution < 1.29 is 9.53 Å². The van der Waals surface area contributed by atoms with Crippen molar-refractivity contribution in [1.29, 1.82) is 0 Å². The standard InChI is InChI=1S/C23H40O2/c1-3-4-5-6-7-8-9-10-11-12-13-14-15-16-17-18-19-20-21-22-23(24)25-2/h4-5,7-8,10-11H,3,6,9,12-22H2,1-2H3/b5-4-,8-7-,11-10-. The van der Waals surface area contributed by atoms with Crippen LogP contribution in [0.15, 0.2) is 36.5 Å². The summed E-state index contributed by atoms with van der Waals surface area (Å²) in [6.45, 7) is 2.17. The molecule has 0 aliphatic rings. The van der Waals surface area contributed by atoms with Crippen molar-refractivity contribution in [1.82, 2.24) is 0 Å². The van der Waals surface area contributed by atoms with E-state index < -0.39 is 0 Å². The van der Waals surface area contributed by atoms with Crippen LogP contribution in [0.1, 0.15) is 96.8 Å². The fourth-order valence-corrected chi connectivity index (χ4v) is 2.70. The van der Waals surface area contributed by atoms with Crippen molar-refractivity contribution in [3.05, 3.63) is 36.5 Å². The fraction of sp³-hybridized carbons (Fsp3) is 0.696. The molecule has 0 radical (unpaired) electrons. The van der Waals surface area contributed by atoms with E-state index in [4.69, 9.17) is 0 Å². The number of hydrogen-bond acceptors (Lipinski definition) is 2. The average molecular weight is 349 g/mol.